The smallest absolute Gasteiger partial charge is 0.269 e. The highest BCUT2D eigenvalue weighted by atomic mass is 32.1. The average molecular weight is 373 g/mol. The number of nitro benzene ring substituents is 1. The second kappa shape index (κ2) is 7.13. The fraction of sp³-hybridized carbons (Fsp3) is 0.0455. The monoisotopic (exact) mass is 373 g/mol. The van der Waals surface area contributed by atoms with Crippen LogP contribution in [0.15, 0.2) is 83.7 Å². The number of rotatable bonds is 4. The molecular weight excluding hydrogens is 358 g/mol. The first-order valence-corrected chi connectivity index (χ1v) is 9.28. The Balaban J connectivity index is 1.88. The predicted octanol–water partition coefficient (Wildman–Crippen LogP) is 5.43. The first kappa shape index (κ1) is 17.1. The Morgan fingerprint density at radius 2 is 1.52 bits per heavy atom. The molecule has 0 bridgehead atoms. The molecule has 3 aromatic carbocycles. The summed E-state index contributed by atoms with van der Waals surface area (Å²) in [4.78, 5) is 24.6. The van der Waals surface area contributed by atoms with Crippen LogP contribution in [0, 0.1) is 10.1 Å². The maximum Gasteiger partial charge on any atom is 0.269 e. The summed E-state index contributed by atoms with van der Waals surface area (Å²) in [6, 6.07) is 23.9. The van der Waals surface area contributed by atoms with Crippen molar-refractivity contribution < 1.29 is 4.92 Å². The quantitative estimate of drug-likeness (QED) is 0.354. The molecule has 1 heterocycles. The first-order chi connectivity index (χ1) is 13.1. The lowest BCUT2D eigenvalue weighted by molar-refractivity contribution is -0.384. The minimum absolute atomic E-state index is 0.0153. The number of benzene rings is 3. The van der Waals surface area contributed by atoms with Crippen molar-refractivity contribution in [1.82, 2.24) is 0 Å². The zero-order valence-electron chi connectivity index (χ0n) is 14.3. The van der Waals surface area contributed by atoms with Gasteiger partial charge >= 0.3 is 0 Å². The van der Waals surface area contributed by atoms with Crippen molar-refractivity contribution in [2.75, 3.05) is 0 Å². The van der Waals surface area contributed by atoms with E-state index in [1.165, 1.54) is 12.1 Å². The highest BCUT2D eigenvalue weighted by molar-refractivity contribution is 7.21. The van der Waals surface area contributed by atoms with Crippen LogP contribution < -0.4 is 5.43 Å². The van der Waals surface area contributed by atoms with Crippen molar-refractivity contribution in [2.24, 2.45) is 0 Å². The van der Waals surface area contributed by atoms with Crippen LogP contribution in [0.25, 0.3) is 20.5 Å². The van der Waals surface area contributed by atoms with Crippen LogP contribution in [0.3, 0.4) is 0 Å². The van der Waals surface area contributed by atoms with E-state index in [-0.39, 0.29) is 11.1 Å². The second-order valence-electron chi connectivity index (χ2n) is 6.20. The molecule has 0 aliphatic carbocycles. The molecule has 4 aromatic rings. The first-order valence-electron chi connectivity index (χ1n) is 8.47. The van der Waals surface area contributed by atoms with Gasteiger partial charge in [-0.1, -0.05) is 54.6 Å². The zero-order chi connectivity index (χ0) is 18.8. The van der Waals surface area contributed by atoms with Gasteiger partial charge in [0, 0.05) is 39.1 Å². The molecule has 0 atom stereocenters. The molecule has 4 rings (SSSR count). The largest absolute Gasteiger partial charge is 0.289 e. The van der Waals surface area contributed by atoms with Crippen molar-refractivity contribution in [3.8, 4) is 10.4 Å². The van der Waals surface area contributed by atoms with Crippen LogP contribution in [0.1, 0.15) is 11.1 Å². The summed E-state index contributed by atoms with van der Waals surface area (Å²) in [5.74, 6) is 0. The normalized spacial score (nSPS) is 10.8. The molecule has 4 nitrogen and oxygen atoms in total. The van der Waals surface area contributed by atoms with E-state index in [1.807, 2.05) is 54.6 Å². The second-order valence-corrected chi connectivity index (χ2v) is 7.25. The molecule has 0 saturated carbocycles. The lowest BCUT2D eigenvalue weighted by Crippen LogP contribution is -2.11. The number of nitrogens with zero attached hydrogens (tertiary/aromatic N) is 1. The van der Waals surface area contributed by atoms with Crippen molar-refractivity contribution in [2.45, 2.75) is 6.42 Å². The molecular formula is C22H15NO3S. The Hall–Kier alpha value is -3.31. The SMILES string of the molecule is O=c1c(Cc2ccc([N+](=O)[O-])cc2)c(-c2ccccc2)sc2ccccc12. The van der Waals surface area contributed by atoms with Gasteiger partial charge in [-0.25, -0.2) is 0 Å². The van der Waals surface area contributed by atoms with Crippen molar-refractivity contribution in [1.29, 1.82) is 0 Å². The van der Waals surface area contributed by atoms with E-state index in [9.17, 15) is 14.9 Å². The van der Waals surface area contributed by atoms with E-state index in [0.29, 0.717) is 11.8 Å². The molecule has 0 unspecified atom stereocenters. The third-order valence-corrected chi connectivity index (χ3v) is 5.72. The van der Waals surface area contributed by atoms with Gasteiger partial charge in [0.1, 0.15) is 0 Å². The van der Waals surface area contributed by atoms with E-state index in [2.05, 4.69) is 0 Å². The summed E-state index contributed by atoms with van der Waals surface area (Å²) in [5.41, 5.74) is 2.66. The molecule has 0 aliphatic heterocycles. The Labute approximate surface area is 159 Å². The predicted molar refractivity (Wildman–Crippen MR) is 109 cm³/mol. The maximum atomic E-state index is 13.2. The standard InChI is InChI=1S/C22H15NO3S/c24-21-18-8-4-5-9-20(18)27-22(16-6-2-1-3-7-16)19(21)14-15-10-12-17(13-11-15)23(25)26/h1-13H,14H2. The Morgan fingerprint density at radius 3 is 2.22 bits per heavy atom. The van der Waals surface area contributed by atoms with Crippen LogP contribution in [0.2, 0.25) is 0 Å². The molecule has 0 spiro atoms. The van der Waals surface area contributed by atoms with Crippen LogP contribution in [0.5, 0.6) is 0 Å². The van der Waals surface area contributed by atoms with Gasteiger partial charge in [0.25, 0.3) is 5.69 Å². The van der Waals surface area contributed by atoms with E-state index < -0.39 is 4.92 Å². The van der Waals surface area contributed by atoms with E-state index in [1.54, 1.807) is 23.5 Å². The number of nitro groups is 1. The average Bonchev–Trinajstić information content (AvgIpc) is 2.71. The number of hydrogen-bond donors (Lipinski definition) is 0. The van der Waals surface area contributed by atoms with Gasteiger partial charge < -0.3 is 0 Å². The molecule has 0 fully saturated rings. The van der Waals surface area contributed by atoms with Gasteiger partial charge in [-0.05, 0) is 23.3 Å². The van der Waals surface area contributed by atoms with Gasteiger partial charge in [-0.15, -0.1) is 11.3 Å². The van der Waals surface area contributed by atoms with E-state index in [4.69, 9.17) is 0 Å². The molecule has 0 aliphatic rings. The van der Waals surface area contributed by atoms with Crippen molar-refractivity contribution >= 4 is 27.1 Å². The van der Waals surface area contributed by atoms with Crippen LogP contribution in [-0.2, 0) is 6.42 Å². The Bertz CT molecular complexity index is 1180. The molecule has 1 aromatic heterocycles. The van der Waals surface area contributed by atoms with Gasteiger partial charge in [-0.3, -0.25) is 14.9 Å². The molecule has 0 amide bonds. The topological polar surface area (TPSA) is 60.2 Å². The zero-order valence-corrected chi connectivity index (χ0v) is 15.1. The third kappa shape index (κ3) is 3.37. The Kier molecular flexibility index (Phi) is 4.52. The minimum Gasteiger partial charge on any atom is -0.289 e. The Morgan fingerprint density at radius 1 is 0.852 bits per heavy atom. The molecule has 0 radical (unpaired) electrons. The summed E-state index contributed by atoms with van der Waals surface area (Å²) in [6.07, 6.45) is 0.433. The number of hydrogen-bond acceptors (Lipinski definition) is 4. The van der Waals surface area contributed by atoms with Gasteiger partial charge in [-0.2, -0.15) is 0 Å². The van der Waals surface area contributed by atoms with Gasteiger partial charge in [0.05, 0.1) is 4.92 Å². The minimum atomic E-state index is -0.420. The summed E-state index contributed by atoms with van der Waals surface area (Å²) >= 11 is 1.60. The lowest BCUT2D eigenvalue weighted by Gasteiger charge is -2.11. The lowest BCUT2D eigenvalue weighted by atomic mass is 10.00. The molecule has 5 heteroatoms. The number of non-ortho nitro benzene ring substituents is 1. The van der Waals surface area contributed by atoms with E-state index >= 15 is 0 Å². The van der Waals surface area contributed by atoms with Gasteiger partial charge in [0.15, 0.2) is 5.43 Å². The molecule has 27 heavy (non-hydrogen) atoms. The highest BCUT2D eigenvalue weighted by Gasteiger charge is 2.15. The van der Waals surface area contributed by atoms with Crippen LogP contribution >= 0.6 is 11.3 Å². The van der Waals surface area contributed by atoms with Crippen molar-refractivity contribution in [3.63, 3.8) is 0 Å². The summed E-state index contributed by atoms with van der Waals surface area (Å²) in [7, 11) is 0. The fourth-order valence-corrected chi connectivity index (χ4v) is 4.28. The fourth-order valence-electron chi connectivity index (χ4n) is 3.10. The highest BCUT2D eigenvalue weighted by Crippen LogP contribution is 2.32. The van der Waals surface area contributed by atoms with Crippen molar-refractivity contribution in [3.05, 3.63) is 110 Å². The summed E-state index contributed by atoms with van der Waals surface area (Å²) in [5, 5.41) is 11.6. The summed E-state index contributed by atoms with van der Waals surface area (Å²) < 4.78 is 0.953. The molecule has 0 saturated heterocycles. The van der Waals surface area contributed by atoms with Crippen LogP contribution in [0.4, 0.5) is 5.69 Å². The maximum absolute atomic E-state index is 13.2. The number of fused-ring (bicyclic) bond motifs is 1. The van der Waals surface area contributed by atoms with Gasteiger partial charge in [0.2, 0.25) is 0 Å². The van der Waals surface area contributed by atoms with E-state index in [0.717, 1.165) is 26.3 Å². The van der Waals surface area contributed by atoms with Crippen LogP contribution in [-0.4, -0.2) is 4.92 Å². The molecule has 132 valence electrons. The molecule has 0 N–H and O–H groups in total. The summed E-state index contributed by atoms with van der Waals surface area (Å²) in [6.45, 7) is 0. The third-order valence-electron chi connectivity index (χ3n) is 4.46.